The molecule has 1 aliphatic rings. The van der Waals surface area contributed by atoms with Crippen LogP contribution >= 0.6 is 0 Å². The Morgan fingerprint density at radius 3 is 2.18 bits per heavy atom. The summed E-state index contributed by atoms with van der Waals surface area (Å²) >= 11 is 0. The first-order valence-electron chi connectivity index (χ1n) is 14.8. The number of nitrogens with one attached hydrogen (secondary N) is 2. The van der Waals surface area contributed by atoms with Crippen LogP contribution in [0.5, 0.6) is 5.75 Å². The topological polar surface area (TPSA) is 108 Å². The molecule has 8 heteroatoms. The third-order valence-electron chi connectivity index (χ3n) is 7.11. The number of hydrogen-bond acceptors (Lipinski definition) is 5. The fourth-order valence-electron chi connectivity index (χ4n) is 5.04. The summed E-state index contributed by atoms with van der Waals surface area (Å²) in [4.78, 5) is 42.4. The van der Waals surface area contributed by atoms with Gasteiger partial charge in [0.25, 0.3) is 0 Å². The molecule has 0 aliphatic heterocycles. The van der Waals surface area contributed by atoms with Gasteiger partial charge in [-0.05, 0) is 63.6 Å². The van der Waals surface area contributed by atoms with Crippen LogP contribution in [0.25, 0.3) is 0 Å². The van der Waals surface area contributed by atoms with Gasteiger partial charge in [0.05, 0.1) is 0 Å². The molecule has 8 nitrogen and oxygen atoms in total. The van der Waals surface area contributed by atoms with Crippen LogP contribution < -0.4 is 10.6 Å². The summed E-state index contributed by atoms with van der Waals surface area (Å²) in [6.45, 7) is 11.6. The van der Waals surface area contributed by atoms with E-state index in [9.17, 15) is 19.5 Å². The van der Waals surface area contributed by atoms with E-state index >= 15 is 0 Å². The number of hydrogen-bond donors (Lipinski definition) is 3. The van der Waals surface area contributed by atoms with E-state index in [4.69, 9.17) is 4.74 Å². The smallest absolute Gasteiger partial charge is 0.408 e. The van der Waals surface area contributed by atoms with Crippen molar-refractivity contribution >= 4 is 17.9 Å². The highest BCUT2D eigenvalue weighted by Gasteiger charge is 2.38. The van der Waals surface area contributed by atoms with Crippen molar-refractivity contribution in [1.29, 1.82) is 0 Å². The van der Waals surface area contributed by atoms with Crippen LogP contribution in [-0.4, -0.2) is 52.1 Å². The molecule has 2 rings (SSSR count). The van der Waals surface area contributed by atoms with Crippen molar-refractivity contribution < 1.29 is 24.2 Å². The van der Waals surface area contributed by atoms with Crippen molar-refractivity contribution in [3.63, 3.8) is 0 Å². The van der Waals surface area contributed by atoms with Crippen molar-refractivity contribution in [1.82, 2.24) is 15.5 Å². The van der Waals surface area contributed by atoms with Gasteiger partial charge in [-0.1, -0.05) is 77.8 Å². The molecule has 39 heavy (non-hydrogen) atoms. The first-order valence-corrected chi connectivity index (χ1v) is 14.8. The SMILES string of the molecule is CCCCCCCN(C(=O)C(NC(=O)OC(C)(C)C)C(C)C)C(C(=O)NC1CCCCC1)c1ccc(O)cc1. The Morgan fingerprint density at radius 2 is 1.62 bits per heavy atom. The summed E-state index contributed by atoms with van der Waals surface area (Å²) < 4.78 is 5.45. The Bertz CT molecular complexity index is 904. The molecule has 0 bridgehead atoms. The fourth-order valence-corrected chi connectivity index (χ4v) is 5.04. The van der Waals surface area contributed by atoms with E-state index in [1.54, 1.807) is 49.9 Å². The molecule has 0 saturated heterocycles. The minimum absolute atomic E-state index is 0.0770. The first-order chi connectivity index (χ1) is 18.4. The van der Waals surface area contributed by atoms with E-state index in [2.05, 4.69) is 17.6 Å². The summed E-state index contributed by atoms with van der Waals surface area (Å²) in [6.07, 6.45) is 9.47. The zero-order valence-electron chi connectivity index (χ0n) is 24.9. The number of nitrogens with zero attached hydrogens (tertiary/aromatic N) is 1. The minimum Gasteiger partial charge on any atom is -0.508 e. The maximum absolute atomic E-state index is 14.2. The molecule has 1 aromatic carbocycles. The van der Waals surface area contributed by atoms with E-state index in [0.29, 0.717) is 12.1 Å². The Kier molecular flexibility index (Phi) is 13.1. The Labute approximate surface area is 235 Å². The van der Waals surface area contributed by atoms with Crippen LogP contribution in [0.4, 0.5) is 4.79 Å². The van der Waals surface area contributed by atoms with Crippen LogP contribution in [0.2, 0.25) is 0 Å². The average molecular weight is 546 g/mol. The van der Waals surface area contributed by atoms with Crippen LogP contribution in [0.1, 0.15) is 117 Å². The second-order valence-electron chi connectivity index (χ2n) is 12.2. The van der Waals surface area contributed by atoms with Crippen LogP contribution in [0.15, 0.2) is 24.3 Å². The van der Waals surface area contributed by atoms with Crippen molar-refractivity contribution in [2.45, 2.75) is 129 Å². The van der Waals surface area contributed by atoms with Gasteiger partial charge >= 0.3 is 6.09 Å². The number of phenols is 1. The highest BCUT2D eigenvalue weighted by Crippen LogP contribution is 2.27. The lowest BCUT2D eigenvalue weighted by Crippen LogP contribution is -2.55. The van der Waals surface area contributed by atoms with Gasteiger partial charge in [0, 0.05) is 12.6 Å². The fraction of sp³-hybridized carbons (Fsp3) is 0.710. The minimum atomic E-state index is -0.882. The molecule has 2 atom stereocenters. The van der Waals surface area contributed by atoms with Gasteiger partial charge in [-0.25, -0.2) is 4.79 Å². The van der Waals surface area contributed by atoms with Gasteiger partial charge in [-0.15, -0.1) is 0 Å². The Hall–Kier alpha value is -2.77. The average Bonchev–Trinajstić information content (AvgIpc) is 2.86. The predicted molar refractivity (Wildman–Crippen MR) is 154 cm³/mol. The molecule has 1 aliphatic carbocycles. The van der Waals surface area contributed by atoms with Crippen molar-refractivity contribution in [3.8, 4) is 5.75 Å². The molecule has 0 radical (unpaired) electrons. The molecule has 1 aromatic rings. The molecule has 2 unspecified atom stereocenters. The number of phenolic OH excluding ortho intramolecular Hbond substituents is 1. The Morgan fingerprint density at radius 1 is 1.00 bits per heavy atom. The van der Waals surface area contributed by atoms with Gasteiger partial charge in [0.1, 0.15) is 23.4 Å². The molecule has 3 N–H and O–H groups in total. The highest BCUT2D eigenvalue weighted by molar-refractivity contribution is 5.92. The maximum Gasteiger partial charge on any atom is 0.408 e. The second-order valence-corrected chi connectivity index (χ2v) is 12.2. The number of carbonyl (C=O) groups excluding carboxylic acids is 3. The van der Waals surface area contributed by atoms with Gasteiger partial charge < -0.3 is 25.4 Å². The molecule has 0 aromatic heterocycles. The molecular weight excluding hydrogens is 494 g/mol. The molecule has 1 saturated carbocycles. The third kappa shape index (κ3) is 11.1. The summed E-state index contributed by atoms with van der Waals surface area (Å²) in [5.74, 6) is -0.679. The third-order valence-corrected chi connectivity index (χ3v) is 7.11. The number of unbranched alkanes of at least 4 members (excludes halogenated alkanes) is 4. The van der Waals surface area contributed by atoms with E-state index in [1.165, 1.54) is 6.42 Å². The van der Waals surface area contributed by atoms with Gasteiger partial charge in [-0.2, -0.15) is 0 Å². The van der Waals surface area contributed by atoms with Crippen LogP contribution in [-0.2, 0) is 14.3 Å². The number of aromatic hydroxyl groups is 1. The number of ether oxygens (including phenoxy) is 1. The molecular formula is C31H51N3O5. The van der Waals surface area contributed by atoms with E-state index < -0.39 is 23.8 Å². The van der Waals surface area contributed by atoms with Gasteiger partial charge in [0.2, 0.25) is 11.8 Å². The summed E-state index contributed by atoms with van der Waals surface area (Å²) in [5.41, 5.74) is -0.0787. The van der Waals surface area contributed by atoms with Crippen molar-refractivity contribution in [2.24, 2.45) is 5.92 Å². The quantitative estimate of drug-likeness (QED) is 0.255. The van der Waals surface area contributed by atoms with E-state index in [-0.39, 0.29) is 29.5 Å². The Balaban J connectivity index is 2.42. The summed E-state index contributed by atoms with van der Waals surface area (Å²) in [6, 6.07) is 4.81. The number of benzene rings is 1. The monoisotopic (exact) mass is 545 g/mol. The van der Waals surface area contributed by atoms with Crippen molar-refractivity contribution in [3.05, 3.63) is 29.8 Å². The summed E-state index contributed by atoms with van der Waals surface area (Å²) in [5, 5.41) is 15.9. The lowest BCUT2D eigenvalue weighted by atomic mass is 9.94. The largest absolute Gasteiger partial charge is 0.508 e. The lowest BCUT2D eigenvalue weighted by molar-refractivity contribution is -0.143. The first kappa shape index (κ1) is 32.4. The lowest BCUT2D eigenvalue weighted by Gasteiger charge is -2.36. The normalized spacial score (nSPS) is 15.9. The molecule has 0 spiro atoms. The van der Waals surface area contributed by atoms with E-state index in [1.807, 2.05) is 13.8 Å². The second kappa shape index (κ2) is 15.7. The number of amides is 3. The maximum atomic E-state index is 14.2. The molecule has 3 amide bonds. The standard InChI is InChI=1S/C31H51N3O5/c1-7-8-9-10-14-21-34(29(37)26(22(2)3)33-30(38)39-31(4,5)6)27(23-17-19-25(35)20-18-23)28(36)32-24-15-12-11-13-16-24/h17-20,22,24,26-27,35H,7-16,21H2,1-6H3,(H,32,36)(H,33,38). The molecule has 1 fully saturated rings. The predicted octanol–water partition coefficient (Wildman–Crippen LogP) is 6.23. The summed E-state index contributed by atoms with van der Waals surface area (Å²) in [7, 11) is 0. The molecule has 0 heterocycles. The van der Waals surface area contributed by atoms with Crippen LogP contribution in [0, 0.1) is 5.92 Å². The number of rotatable bonds is 13. The van der Waals surface area contributed by atoms with Crippen LogP contribution in [0.3, 0.4) is 0 Å². The van der Waals surface area contributed by atoms with Crippen molar-refractivity contribution in [2.75, 3.05) is 6.54 Å². The van der Waals surface area contributed by atoms with Gasteiger partial charge in [0.15, 0.2) is 0 Å². The number of carbonyl (C=O) groups is 3. The van der Waals surface area contributed by atoms with E-state index in [0.717, 1.165) is 57.8 Å². The zero-order chi connectivity index (χ0) is 29.0. The highest BCUT2D eigenvalue weighted by atomic mass is 16.6. The molecule has 220 valence electrons. The zero-order valence-corrected chi connectivity index (χ0v) is 24.9. The number of alkyl carbamates (subject to hydrolysis) is 1. The van der Waals surface area contributed by atoms with Gasteiger partial charge in [-0.3, -0.25) is 9.59 Å².